The number of para-hydroxylation sites is 1. The van der Waals surface area contributed by atoms with Gasteiger partial charge < -0.3 is 14.4 Å². The van der Waals surface area contributed by atoms with E-state index in [9.17, 15) is 14.4 Å². The van der Waals surface area contributed by atoms with Gasteiger partial charge in [-0.25, -0.2) is 9.59 Å². The number of aromatic carboxylic acids is 1. The highest BCUT2D eigenvalue weighted by Crippen LogP contribution is 2.26. The van der Waals surface area contributed by atoms with Crippen molar-refractivity contribution in [3.63, 3.8) is 0 Å². The molecular formula is C25H18ClNO5. The largest absolute Gasteiger partial charge is 0.478 e. The second-order valence-corrected chi connectivity index (χ2v) is 7.60. The van der Waals surface area contributed by atoms with Gasteiger partial charge in [-0.15, -0.1) is 0 Å². The molecule has 0 saturated carbocycles. The van der Waals surface area contributed by atoms with E-state index in [0.29, 0.717) is 27.2 Å². The van der Waals surface area contributed by atoms with Gasteiger partial charge in [0.15, 0.2) is 5.43 Å². The summed E-state index contributed by atoms with van der Waals surface area (Å²) in [5, 5.41) is 9.97. The maximum atomic E-state index is 13.5. The summed E-state index contributed by atoms with van der Waals surface area (Å²) in [6, 6.07) is 20.2. The summed E-state index contributed by atoms with van der Waals surface area (Å²) >= 11 is 6.23. The van der Waals surface area contributed by atoms with Gasteiger partial charge in [-0.2, -0.15) is 0 Å². The molecule has 0 amide bonds. The maximum Gasteiger partial charge on any atom is 0.355 e. The van der Waals surface area contributed by atoms with Crippen molar-refractivity contribution in [3.8, 4) is 5.69 Å². The van der Waals surface area contributed by atoms with Crippen molar-refractivity contribution >= 4 is 34.4 Å². The van der Waals surface area contributed by atoms with Crippen LogP contribution in [0.4, 0.5) is 0 Å². The fourth-order valence-corrected chi connectivity index (χ4v) is 3.86. The summed E-state index contributed by atoms with van der Waals surface area (Å²) < 4.78 is 6.73. The molecule has 0 unspecified atom stereocenters. The van der Waals surface area contributed by atoms with Crippen molar-refractivity contribution in [3.05, 3.63) is 110 Å². The van der Waals surface area contributed by atoms with E-state index in [1.54, 1.807) is 34.9 Å². The molecule has 0 bridgehead atoms. The Balaban J connectivity index is 2.05. The number of halogens is 1. The number of fused-ring (bicyclic) bond motifs is 1. The number of nitrogens with zero attached hydrogens (tertiary/aromatic N) is 1. The number of carboxylic acid groups (broad SMARTS) is 1. The number of hydrogen-bond acceptors (Lipinski definition) is 4. The topological polar surface area (TPSA) is 85.6 Å². The number of ether oxygens (including phenoxy) is 1. The first kappa shape index (κ1) is 21.3. The molecule has 0 aliphatic rings. The third kappa shape index (κ3) is 3.88. The average molecular weight is 448 g/mol. The van der Waals surface area contributed by atoms with E-state index in [1.807, 2.05) is 30.3 Å². The number of hydrogen-bond donors (Lipinski definition) is 1. The van der Waals surface area contributed by atoms with Crippen LogP contribution in [0.1, 0.15) is 32.0 Å². The molecule has 32 heavy (non-hydrogen) atoms. The van der Waals surface area contributed by atoms with Crippen molar-refractivity contribution in [2.24, 2.45) is 0 Å². The molecule has 0 aliphatic carbocycles. The average Bonchev–Trinajstić information content (AvgIpc) is 2.80. The Morgan fingerprint density at radius 1 is 1.00 bits per heavy atom. The lowest BCUT2D eigenvalue weighted by Crippen LogP contribution is -2.24. The summed E-state index contributed by atoms with van der Waals surface area (Å²) in [4.78, 5) is 37.6. The molecule has 0 spiro atoms. The summed E-state index contributed by atoms with van der Waals surface area (Å²) in [6.07, 6.45) is 0.120. The summed E-state index contributed by atoms with van der Waals surface area (Å²) in [6.45, 7) is 0. The van der Waals surface area contributed by atoms with Crippen LogP contribution in [0.15, 0.2) is 77.6 Å². The van der Waals surface area contributed by atoms with E-state index in [0.717, 1.165) is 0 Å². The van der Waals surface area contributed by atoms with Crippen molar-refractivity contribution in [1.29, 1.82) is 0 Å². The van der Waals surface area contributed by atoms with Crippen molar-refractivity contribution < 1.29 is 19.4 Å². The Bertz CT molecular complexity index is 1390. The molecule has 1 heterocycles. The minimum absolute atomic E-state index is 0.0979. The molecular weight excluding hydrogens is 430 g/mol. The van der Waals surface area contributed by atoms with E-state index in [1.165, 1.54) is 19.2 Å². The third-order valence-electron chi connectivity index (χ3n) is 5.20. The second kappa shape index (κ2) is 8.69. The van der Waals surface area contributed by atoms with Gasteiger partial charge in [0.25, 0.3) is 0 Å². The SMILES string of the molecule is COC(=O)c1c(Cc2ccc(C(=O)O)cc2)c(=O)c2ccc(Cl)cc2n1-c1ccccc1. The molecule has 0 aliphatic heterocycles. The molecule has 7 heteroatoms. The van der Waals surface area contributed by atoms with Gasteiger partial charge >= 0.3 is 11.9 Å². The maximum absolute atomic E-state index is 13.5. The highest BCUT2D eigenvalue weighted by atomic mass is 35.5. The zero-order valence-corrected chi connectivity index (χ0v) is 17.8. The van der Waals surface area contributed by atoms with E-state index in [-0.39, 0.29) is 28.7 Å². The van der Waals surface area contributed by atoms with Crippen LogP contribution < -0.4 is 5.43 Å². The van der Waals surface area contributed by atoms with Crippen LogP contribution in [0.3, 0.4) is 0 Å². The minimum atomic E-state index is -1.04. The first-order chi connectivity index (χ1) is 15.4. The standard InChI is InChI=1S/C25H18ClNO5/c1-32-25(31)22-20(13-15-7-9-16(10-8-15)24(29)30)23(28)19-12-11-17(26)14-21(19)27(22)18-5-3-2-4-6-18/h2-12,14H,13H2,1H3,(H,29,30). The molecule has 0 saturated heterocycles. The van der Waals surface area contributed by atoms with Crippen molar-refractivity contribution in [2.45, 2.75) is 6.42 Å². The Kier molecular flexibility index (Phi) is 5.79. The molecule has 1 N–H and O–H groups in total. The first-order valence-electron chi connectivity index (χ1n) is 9.74. The predicted molar refractivity (Wildman–Crippen MR) is 122 cm³/mol. The van der Waals surface area contributed by atoms with Gasteiger partial charge in [0, 0.05) is 28.1 Å². The summed E-state index contributed by atoms with van der Waals surface area (Å²) in [7, 11) is 1.26. The van der Waals surface area contributed by atoms with E-state index in [4.69, 9.17) is 21.4 Å². The highest BCUT2D eigenvalue weighted by Gasteiger charge is 2.24. The van der Waals surface area contributed by atoms with E-state index in [2.05, 4.69) is 0 Å². The molecule has 0 radical (unpaired) electrons. The number of benzene rings is 3. The number of rotatable bonds is 5. The van der Waals surface area contributed by atoms with Crippen LogP contribution in [0, 0.1) is 0 Å². The van der Waals surface area contributed by atoms with Gasteiger partial charge in [-0.3, -0.25) is 4.79 Å². The normalized spacial score (nSPS) is 10.8. The number of aromatic nitrogens is 1. The fourth-order valence-electron chi connectivity index (χ4n) is 3.70. The van der Waals surface area contributed by atoms with Crippen molar-refractivity contribution in [2.75, 3.05) is 7.11 Å². The Morgan fingerprint density at radius 2 is 1.69 bits per heavy atom. The van der Waals surface area contributed by atoms with Gasteiger partial charge in [-0.05, 0) is 48.0 Å². The second-order valence-electron chi connectivity index (χ2n) is 7.16. The van der Waals surface area contributed by atoms with E-state index < -0.39 is 11.9 Å². The lowest BCUT2D eigenvalue weighted by molar-refractivity contribution is 0.0589. The van der Waals surface area contributed by atoms with Gasteiger partial charge in [0.05, 0.1) is 18.2 Å². The Labute approximate surface area is 188 Å². The predicted octanol–water partition coefficient (Wildman–Crippen LogP) is 4.72. The van der Waals surface area contributed by atoms with E-state index >= 15 is 0 Å². The number of esters is 1. The minimum Gasteiger partial charge on any atom is -0.478 e. The monoisotopic (exact) mass is 447 g/mol. The number of pyridine rings is 1. The number of carboxylic acids is 1. The number of methoxy groups -OCH3 is 1. The van der Waals surface area contributed by atoms with Crippen LogP contribution in [0.2, 0.25) is 5.02 Å². The Morgan fingerprint density at radius 3 is 2.31 bits per heavy atom. The molecule has 0 atom stereocenters. The lowest BCUT2D eigenvalue weighted by atomic mass is 9.98. The van der Waals surface area contributed by atoms with Crippen LogP contribution in [0.25, 0.3) is 16.6 Å². The third-order valence-corrected chi connectivity index (χ3v) is 5.44. The fraction of sp³-hybridized carbons (Fsp3) is 0.0800. The summed E-state index contributed by atoms with van der Waals surface area (Å²) in [5.41, 5.74) is 2.01. The van der Waals surface area contributed by atoms with Crippen LogP contribution in [-0.2, 0) is 11.2 Å². The lowest BCUT2D eigenvalue weighted by Gasteiger charge is -2.19. The molecule has 1 aromatic heterocycles. The quantitative estimate of drug-likeness (QED) is 0.447. The molecule has 0 fully saturated rings. The van der Waals surface area contributed by atoms with Crippen LogP contribution >= 0.6 is 11.6 Å². The zero-order valence-electron chi connectivity index (χ0n) is 17.0. The number of carbonyl (C=O) groups excluding carboxylic acids is 1. The summed E-state index contributed by atoms with van der Waals surface area (Å²) in [5.74, 6) is -1.70. The first-order valence-corrected chi connectivity index (χ1v) is 10.1. The zero-order chi connectivity index (χ0) is 22.8. The molecule has 3 aromatic carbocycles. The molecule has 6 nitrogen and oxygen atoms in total. The molecule has 4 rings (SSSR count). The van der Waals surface area contributed by atoms with Gasteiger partial charge in [-0.1, -0.05) is 41.9 Å². The van der Waals surface area contributed by atoms with Gasteiger partial charge in [0.2, 0.25) is 0 Å². The van der Waals surface area contributed by atoms with Crippen LogP contribution in [0.5, 0.6) is 0 Å². The smallest absolute Gasteiger partial charge is 0.355 e. The van der Waals surface area contributed by atoms with Gasteiger partial charge in [0.1, 0.15) is 5.69 Å². The molecule has 4 aromatic rings. The Hall–Kier alpha value is -3.90. The van der Waals surface area contributed by atoms with Crippen LogP contribution in [-0.4, -0.2) is 28.7 Å². The van der Waals surface area contributed by atoms with Crippen molar-refractivity contribution in [1.82, 2.24) is 4.57 Å². The molecule has 160 valence electrons. The number of carbonyl (C=O) groups is 2. The highest BCUT2D eigenvalue weighted by molar-refractivity contribution is 6.31.